The first-order valence-corrected chi connectivity index (χ1v) is 11.7. The first kappa shape index (κ1) is 23.1. The topological polar surface area (TPSA) is 46.5 Å². The van der Waals surface area contributed by atoms with E-state index in [1.807, 2.05) is 77.1 Å². The van der Waals surface area contributed by atoms with Gasteiger partial charge in [-0.2, -0.15) is 12.8 Å². The summed E-state index contributed by atoms with van der Waals surface area (Å²) in [4.78, 5) is 0.368. The molecule has 0 saturated heterocycles. The first-order valence-electron chi connectivity index (χ1n) is 10.2. The Morgan fingerprint density at radius 1 is 0.862 bits per heavy atom. The molecule has 29 heavy (non-hydrogen) atoms. The van der Waals surface area contributed by atoms with Crippen LogP contribution in [0.25, 0.3) is 6.08 Å². The lowest BCUT2D eigenvalue weighted by Crippen LogP contribution is -2.11. The number of hydrogen-bond acceptors (Lipinski definition) is 2. The summed E-state index contributed by atoms with van der Waals surface area (Å²) in [5.41, 5.74) is 5.03. The van der Waals surface area contributed by atoms with Crippen LogP contribution in [0.3, 0.4) is 0 Å². The average molecular weight is 412 g/mol. The van der Waals surface area contributed by atoms with Crippen molar-refractivity contribution in [3.05, 3.63) is 70.3 Å². The highest BCUT2D eigenvalue weighted by molar-refractivity contribution is 7.90. The Hall–Kier alpha value is -2.20. The van der Waals surface area contributed by atoms with Crippen LogP contribution in [0.2, 0.25) is 0 Å². The Morgan fingerprint density at radius 2 is 1.45 bits per heavy atom. The zero-order valence-electron chi connectivity index (χ0n) is 18.6. The SMILES string of the molecule is Cc1cccc(/C=C/C=N/S(=O)(=O)c2c(C(C)C)cc(C(C)C)cc2C(C)C)c1. The minimum atomic E-state index is -3.80. The molecule has 3 nitrogen and oxygen atoms in total. The van der Waals surface area contributed by atoms with Gasteiger partial charge in [0.05, 0.1) is 4.90 Å². The van der Waals surface area contributed by atoms with Gasteiger partial charge in [-0.05, 0) is 53.0 Å². The number of hydrogen-bond donors (Lipinski definition) is 0. The second-order valence-electron chi connectivity index (χ2n) is 8.50. The van der Waals surface area contributed by atoms with Gasteiger partial charge in [0.25, 0.3) is 10.0 Å². The lowest BCUT2D eigenvalue weighted by atomic mass is 9.89. The number of allylic oxidation sites excluding steroid dienone is 1. The molecule has 156 valence electrons. The predicted octanol–water partition coefficient (Wildman–Crippen LogP) is 6.84. The van der Waals surface area contributed by atoms with Gasteiger partial charge in [0.1, 0.15) is 0 Å². The third-order valence-electron chi connectivity index (χ3n) is 4.95. The van der Waals surface area contributed by atoms with Crippen molar-refractivity contribution in [2.24, 2.45) is 4.40 Å². The van der Waals surface area contributed by atoms with Gasteiger partial charge in [-0.1, -0.05) is 89.6 Å². The van der Waals surface area contributed by atoms with Crippen LogP contribution in [0.1, 0.15) is 87.1 Å². The maximum atomic E-state index is 13.2. The van der Waals surface area contributed by atoms with Crippen LogP contribution >= 0.6 is 0 Å². The zero-order valence-corrected chi connectivity index (χ0v) is 19.4. The molecule has 0 bridgehead atoms. The molecule has 2 aromatic carbocycles. The standard InChI is InChI=1S/C25H33NO2S/c1-17(2)22-15-23(18(3)4)25(24(16-22)19(5)6)29(27,28)26-13-9-12-21-11-8-10-20(7)14-21/h8-19H,1-7H3/b12-9+,26-13+. The number of benzene rings is 2. The molecule has 0 N–H and O–H groups in total. The molecule has 0 saturated carbocycles. The van der Waals surface area contributed by atoms with E-state index in [0.717, 1.165) is 22.3 Å². The second kappa shape index (κ2) is 9.53. The highest BCUT2D eigenvalue weighted by Crippen LogP contribution is 2.35. The summed E-state index contributed by atoms with van der Waals surface area (Å²) in [7, 11) is -3.80. The Balaban J connectivity index is 2.50. The van der Waals surface area contributed by atoms with Crippen LogP contribution in [0, 0.1) is 6.92 Å². The van der Waals surface area contributed by atoms with E-state index < -0.39 is 10.0 Å². The lowest BCUT2D eigenvalue weighted by molar-refractivity contribution is 0.592. The molecule has 0 aromatic heterocycles. The Bertz CT molecular complexity index is 984. The van der Waals surface area contributed by atoms with Gasteiger partial charge in [0.2, 0.25) is 0 Å². The molecule has 2 aromatic rings. The van der Waals surface area contributed by atoms with Crippen molar-refractivity contribution >= 4 is 22.3 Å². The molecular formula is C25H33NO2S. The number of aryl methyl sites for hydroxylation is 1. The number of rotatable bonds is 7. The van der Waals surface area contributed by atoms with Gasteiger partial charge in [0, 0.05) is 6.21 Å². The fourth-order valence-corrected chi connectivity index (χ4v) is 4.80. The van der Waals surface area contributed by atoms with Crippen molar-refractivity contribution in [3.8, 4) is 0 Å². The molecule has 0 amide bonds. The summed E-state index contributed by atoms with van der Waals surface area (Å²) in [6, 6.07) is 12.1. The molecular weight excluding hydrogens is 378 g/mol. The first-order chi connectivity index (χ1) is 13.5. The third kappa shape index (κ3) is 5.89. The maximum Gasteiger partial charge on any atom is 0.282 e. The summed E-state index contributed by atoms with van der Waals surface area (Å²) in [6.45, 7) is 14.4. The quantitative estimate of drug-likeness (QED) is 0.468. The molecule has 0 atom stereocenters. The molecule has 0 spiro atoms. The van der Waals surface area contributed by atoms with Crippen LogP contribution in [0.15, 0.2) is 51.8 Å². The Kier molecular flexibility index (Phi) is 7.59. The molecule has 0 aliphatic rings. The summed E-state index contributed by atoms with van der Waals surface area (Å²) < 4.78 is 30.4. The van der Waals surface area contributed by atoms with Gasteiger partial charge < -0.3 is 0 Å². The molecule has 4 heteroatoms. The third-order valence-corrected chi connectivity index (χ3v) is 6.34. The van der Waals surface area contributed by atoms with E-state index in [2.05, 4.69) is 18.2 Å². The van der Waals surface area contributed by atoms with E-state index in [1.54, 1.807) is 6.08 Å². The van der Waals surface area contributed by atoms with Crippen LogP contribution < -0.4 is 0 Å². The number of sulfonamides is 1. The molecule has 0 radical (unpaired) electrons. The Morgan fingerprint density at radius 3 is 1.93 bits per heavy atom. The number of nitrogens with zero attached hydrogens (tertiary/aromatic N) is 1. The van der Waals surface area contributed by atoms with E-state index in [0.29, 0.717) is 10.8 Å². The van der Waals surface area contributed by atoms with E-state index in [4.69, 9.17) is 0 Å². The van der Waals surface area contributed by atoms with Gasteiger partial charge in [-0.15, -0.1) is 0 Å². The molecule has 0 aliphatic carbocycles. The van der Waals surface area contributed by atoms with Crippen molar-refractivity contribution in [1.29, 1.82) is 0 Å². The van der Waals surface area contributed by atoms with Gasteiger partial charge in [-0.3, -0.25) is 0 Å². The normalized spacial score (nSPS) is 12.9. The van der Waals surface area contributed by atoms with Crippen molar-refractivity contribution in [1.82, 2.24) is 0 Å². The summed E-state index contributed by atoms with van der Waals surface area (Å²) in [6.07, 6.45) is 4.92. The lowest BCUT2D eigenvalue weighted by Gasteiger charge is -2.21. The fraction of sp³-hybridized carbons (Fsp3) is 0.400. The monoisotopic (exact) mass is 411 g/mol. The predicted molar refractivity (Wildman–Crippen MR) is 125 cm³/mol. The van der Waals surface area contributed by atoms with E-state index in [-0.39, 0.29) is 11.8 Å². The van der Waals surface area contributed by atoms with Crippen molar-refractivity contribution in [2.45, 2.75) is 71.1 Å². The molecule has 0 fully saturated rings. The largest absolute Gasteiger partial charge is 0.282 e. The average Bonchev–Trinajstić information content (AvgIpc) is 2.64. The highest BCUT2D eigenvalue weighted by atomic mass is 32.2. The summed E-state index contributed by atoms with van der Waals surface area (Å²) in [5, 5.41) is 0. The molecule has 0 unspecified atom stereocenters. The van der Waals surface area contributed by atoms with E-state index in [9.17, 15) is 8.42 Å². The summed E-state index contributed by atoms with van der Waals surface area (Å²) >= 11 is 0. The summed E-state index contributed by atoms with van der Waals surface area (Å²) in [5.74, 6) is 0.519. The minimum Gasteiger partial charge on any atom is -0.199 e. The minimum absolute atomic E-state index is 0.0917. The van der Waals surface area contributed by atoms with Crippen LogP contribution in [-0.4, -0.2) is 14.6 Å². The maximum absolute atomic E-state index is 13.2. The van der Waals surface area contributed by atoms with Gasteiger partial charge in [-0.25, -0.2) is 0 Å². The highest BCUT2D eigenvalue weighted by Gasteiger charge is 2.26. The molecule has 0 heterocycles. The molecule has 2 rings (SSSR count). The van der Waals surface area contributed by atoms with Crippen molar-refractivity contribution in [3.63, 3.8) is 0 Å². The van der Waals surface area contributed by atoms with Crippen LogP contribution in [0.4, 0.5) is 0 Å². The van der Waals surface area contributed by atoms with E-state index >= 15 is 0 Å². The van der Waals surface area contributed by atoms with E-state index in [1.165, 1.54) is 11.8 Å². The fourth-order valence-electron chi connectivity index (χ4n) is 3.28. The smallest absolute Gasteiger partial charge is 0.199 e. The van der Waals surface area contributed by atoms with Crippen LogP contribution in [0.5, 0.6) is 0 Å². The van der Waals surface area contributed by atoms with Crippen molar-refractivity contribution in [2.75, 3.05) is 0 Å². The van der Waals surface area contributed by atoms with Gasteiger partial charge in [0.15, 0.2) is 0 Å². The van der Waals surface area contributed by atoms with Crippen LogP contribution in [-0.2, 0) is 10.0 Å². The van der Waals surface area contributed by atoms with Crippen molar-refractivity contribution < 1.29 is 8.42 Å². The molecule has 0 aliphatic heterocycles. The second-order valence-corrected chi connectivity index (χ2v) is 10.1. The zero-order chi connectivity index (χ0) is 21.8. The van der Waals surface area contributed by atoms with Gasteiger partial charge >= 0.3 is 0 Å². The Labute approximate surface area is 176 Å².